The summed E-state index contributed by atoms with van der Waals surface area (Å²) in [6.07, 6.45) is 21.5. The van der Waals surface area contributed by atoms with Gasteiger partial charge in [0.15, 0.2) is 0 Å². The Morgan fingerprint density at radius 1 is 0.710 bits per heavy atom. The summed E-state index contributed by atoms with van der Waals surface area (Å²) in [4.78, 5) is 6.33. The Hall–Kier alpha value is -0.643. The first-order valence-corrected chi connectivity index (χ1v) is 17.1. The van der Waals surface area contributed by atoms with Crippen LogP contribution in [0.5, 0.6) is 0 Å². The normalized spacial score (nSPS) is 14.5. The standard InChI is InChI=1S/C28H44S2Si/c1-5-8-10-12-14-16-19-31(20-17-15-13-11-9-6-2)25-21-23(4)29-27(25)28-26(31)22-24(30-28)18-7-3/h7,18,21-22H,5-6,8-17,19-20H2,1-4H3/b18-7+. The highest BCUT2D eigenvalue weighted by Crippen LogP contribution is 2.43. The lowest BCUT2D eigenvalue weighted by Crippen LogP contribution is -2.54. The monoisotopic (exact) mass is 472 g/mol. The van der Waals surface area contributed by atoms with E-state index in [4.69, 9.17) is 0 Å². The van der Waals surface area contributed by atoms with E-state index in [1.807, 2.05) is 10.4 Å². The highest BCUT2D eigenvalue weighted by Gasteiger charge is 2.46. The summed E-state index contributed by atoms with van der Waals surface area (Å²) >= 11 is 4.14. The van der Waals surface area contributed by atoms with Crippen molar-refractivity contribution in [2.24, 2.45) is 0 Å². The van der Waals surface area contributed by atoms with Crippen LogP contribution in [0.25, 0.3) is 15.8 Å². The SMILES string of the molecule is C/C=C/c1cc2c(s1)-c1sc(C)cc1[Si]2(CCCCCCCC)CCCCCCCC. The second kappa shape index (κ2) is 12.6. The quantitative estimate of drug-likeness (QED) is 0.179. The highest BCUT2D eigenvalue weighted by atomic mass is 32.1. The molecule has 1 aliphatic heterocycles. The van der Waals surface area contributed by atoms with Crippen LogP contribution in [-0.4, -0.2) is 8.07 Å². The smallest absolute Gasteiger partial charge is 0.122 e. The van der Waals surface area contributed by atoms with Gasteiger partial charge < -0.3 is 0 Å². The lowest BCUT2D eigenvalue weighted by atomic mass is 10.1. The number of hydrogen-bond donors (Lipinski definition) is 0. The zero-order valence-electron chi connectivity index (χ0n) is 20.5. The maximum Gasteiger partial charge on any atom is 0.122 e. The van der Waals surface area contributed by atoms with E-state index in [0.717, 1.165) is 0 Å². The number of unbranched alkanes of at least 4 members (excludes halogenated alkanes) is 10. The zero-order chi connectivity index (χ0) is 22.1. The van der Waals surface area contributed by atoms with E-state index in [9.17, 15) is 0 Å². The summed E-state index contributed by atoms with van der Waals surface area (Å²) in [5.74, 6) is 0. The Kier molecular flexibility index (Phi) is 10.1. The second-order valence-corrected chi connectivity index (χ2v) is 16.2. The molecule has 0 N–H and O–H groups in total. The van der Waals surface area contributed by atoms with Crippen LogP contribution in [0.15, 0.2) is 18.2 Å². The lowest BCUT2D eigenvalue weighted by Gasteiger charge is -2.29. The molecule has 3 heterocycles. The molecule has 3 rings (SSSR count). The topological polar surface area (TPSA) is 0 Å². The molecule has 0 fully saturated rings. The Morgan fingerprint density at radius 3 is 1.81 bits per heavy atom. The van der Waals surface area contributed by atoms with Crippen LogP contribution in [0.4, 0.5) is 0 Å². The number of thiophene rings is 2. The van der Waals surface area contributed by atoms with E-state index < -0.39 is 8.07 Å². The fraction of sp³-hybridized carbons (Fsp3) is 0.643. The first-order chi connectivity index (χ1) is 15.2. The molecule has 0 atom stereocenters. The summed E-state index contributed by atoms with van der Waals surface area (Å²) in [5, 5.41) is 3.64. The van der Waals surface area contributed by atoms with Gasteiger partial charge >= 0.3 is 0 Å². The fourth-order valence-corrected chi connectivity index (χ4v) is 14.8. The summed E-state index contributed by atoms with van der Waals surface area (Å²) in [6.45, 7) is 9.13. The van der Waals surface area contributed by atoms with Gasteiger partial charge in [-0.25, -0.2) is 0 Å². The van der Waals surface area contributed by atoms with Gasteiger partial charge in [-0.05, 0) is 54.5 Å². The van der Waals surface area contributed by atoms with Crippen molar-refractivity contribution in [3.8, 4) is 9.75 Å². The first-order valence-electron chi connectivity index (χ1n) is 13.0. The van der Waals surface area contributed by atoms with E-state index in [0.29, 0.717) is 0 Å². The molecule has 3 heteroatoms. The van der Waals surface area contributed by atoms with Gasteiger partial charge in [-0.1, -0.05) is 97.0 Å². The molecule has 1 aliphatic rings. The van der Waals surface area contributed by atoms with Crippen molar-refractivity contribution in [1.29, 1.82) is 0 Å². The summed E-state index contributed by atoms with van der Waals surface area (Å²) in [6, 6.07) is 8.19. The van der Waals surface area contributed by atoms with Gasteiger partial charge in [0.2, 0.25) is 0 Å². The Balaban J connectivity index is 1.81. The van der Waals surface area contributed by atoms with Gasteiger partial charge in [0, 0.05) is 19.5 Å². The fourth-order valence-electron chi connectivity index (χ4n) is 5.44. The van der Waals surface area contributed by atoms with Crippen LogP contribution in [0.3, 0.4) is 0 Å². The molecule has 31 heavy (non-hydrogen) atoms. The molecule has 0 aromatic carbocycles. The largest absolute Gasteiger partial charge is 0.140 e. The first kappa shape index (κ1) is 25.0. The third kappa shape index (κ3) is 6.03. The average molecular weight is 473 g/mol. The Bertz CT molecular complexity index is 810. The molecule has 0 unspecified atom stereocenters. The van der Waals surface area contributed by atoms with Crippen molar-refractivity contribution < 1.29 is 0 Å². The molecule has 172 valence electrons. The van der Waals surface area contributed by atoms with Crippen LogP contribution in [0, 0.1) is 6.92 Å². The summed E-state index contributed by atoms with van der Waals surface area (Å²) in [7, 11) is -1.61. The molecular formula is C28H44S2Si. The minimum absolute atomic E-state index is 1.35. The molecule has 0 bridgehead atoms. The lowest BCUT2D eigenvalue weighted by molar-refractivity contribution is 0.616. The molecule has 0 spiro atoms. The van der Waals surface area contributed by atoms with Crippen molar-refractivity contribution in [1.82, 2.24) is 0 Å². The Morgan fingerprint density at radius 2 is 1.23 bits per heavy atom. The number of aryl methyl sites for hydroxylation is 1. The number of rotatable bonds is 15. The van der Waals surface area contributed by atoms with Gasteiger partial charge in [0.25, 0.3) is 0 Å². The summed E-state index contributed by atoms with van der Waals surface area (Å²) < 4.78 is 0. The van der Waals surface area contributed by atoms with Gasteiger partial charge in [-0.15, -0.1) is 22.7 Å². The molecule has 0 amide bonds. The van der Waals surface area contributed by atoms with Crippen molar-refractivity contribution in [2.45, 2.75) is 117 Å². The molecule has 0 nitrogen and oxygen atoms in total. The van der Waals surface area contributed by atoms with Crippen LogP contribution < -0.4 is 10.4 Å². The van der Waals surface area contributed by atoms with Crippen LogP contribution in [0.1, 0.15) is 108 Å². The predicted molar refractivity (Wildman–Crippen MR) is 148 cm³/mol. The van der Waals surface area contributed by atoms with Gasteiger partial charge in [0.1, 0.15) is 8.07 Å². The van der Waals surface area contributed by atoms with Gasteiger partial charge in [-0.3, -0.25) is 0 Å². The van der Waals surface area contributed by atoms with Gasteiger partial charge in [0.05, 0.1) is 0 Å². The zero-order valence-corrected chi connectivity index (χ0v) is 23.2. The highest BCUT2D eigenvalue weighted by molar-refractivity contribution is 7.29. The van der Waals surface area contributed by atoms with Crippen LogP contribution in [-0.2, 0) is 0 Å². The molecular weight excluding hydrogens is 429 g/mol. The maximum absolute atomic E-state index is 2.61. The third-order valence-electron chi connectivity index (χ3n) is 7.09. The summed E-state index contributed by atoms with van der Waals surface area (Å²) in [5.41, 5.74) is 0. The average Bonchev–Trinajstić information content (AvgIpc) is 3.40. The second-order valence-electron chi connectivity index (χ2n) is 9.61. The molecule has 2 aromatic heterocycles. The molecule has 0 saturated carbocycles. The maximum atomic E-state index is 2.61. The molecule has 0 aliphatic carbocycles. The van der Waals surface area contributed by atoms with Crippen LogP contribution >= 0.6 is 22.7 Å². The molecule has 0 saturated heterocycles. The minimum atomic E-state index is -1.61. The van der Waals surface area contributed by atoms with Crippen molar-refractivity contribution in [3.05, 3.63) is 28.0 Å². The van der Waals surface area contributed by atoms with Crippen molar-refractivity contribution in [2.75, 3.05) is 0 Å². The third-order valence-corrected chi connectivity index (χ3v) is 15.0. The van der Waals surface area contributed by atoms with Gasteiger partial charge in [-0.2, -0.15) is 0 Å². The minimum Gasteiger partial charge on any atom is -0.140 e. The van der Waals surface area contributed by atoms with E-state index in [1.54, 1.807) is 9.75 Å². The van der Waals surface area contributed by atoms with E-state index in [2.05, 4.69) is 74.7 Å². The predicted octanol–water partition coefficient (Wildman–Crippen LogP) is 9.42. The molecule has 2 aromatic rings. The van der Waals surface area contributed by atoms with Crippen LogP contribution in [0.2, 0.25) is 12.1 Å². The number of fused-ring (bicyclic) bond motifs is 3. The van der Waals surface area contributed by atoms with Crippen molar-refractivity contribution in [3.63, 3.8) is 0 Å². The van der Waals surface area contributed by atoms with Crippen molar-refractivity contribution >= 4 is 47.2 Å². The molecule has 0 radical (unpaired) electrons. The van der Waals surface area contributed by atoms with E-state index in [-0.39, 0.29) is 0 Å². The number of allylic oxidation sites excluding steroid dienone is 1. The Labute approximate surface area is 201 Å². The number of hydrogen-bond acceptors (Lipinski definition) is 2. The van der Waals surface area contributed by atoms with E-state index >= 15 is 0 Å². The van der Waals surface area contributed by atoms with E-state index in [1.165, 1.54) is 98.9 Å².